The molecule has 11 nitrogen and oxygen atoms in total. The average Bonchev–Trinajstić information content (AvgIpc) is 3.65. The Balaban J connectivity index is 1.36. The minimum absolute atomic E-state index is 0.0838. The van der Waals surface area contributed by atoms with E-state index in [0.29, 0.717) is 40.5 Å². The molecule has 11 heteroatoms. The summed E-state index contributed by atoms with van der Waals surface area (Å²) in [5.41, 5.74) is 2.52. The number of hydrogen-bond donors (Lipinski definition) is 1. The lowest BCUT2D eigenvalue weighted by Gasteiger charge is -2.24. The molecule has 2 bridgehead atoms. The molecule has 3 aromatic heterocycles. The number of fused-ring (bicyclic) bond motifs is 6. The van der Waals surface area contributed by atoms with Gasteiger partial charge in [0.15, 0.2) is 5.82 Å². The van der Waals surface area contributed by atoms with Crippen LogP contribution in [0.3, 0.4) is 0 Å². The summed E-state index contributed by atoms with van der Waals surface area (Å²) in [5.74, 6) is 3.26. The van der Waals surface area contributed by atoms with Gasteiger partial charge in [-0.1, -0.05) is 6.07 Å². The molecule has 37 heavy (non-hydrogen) atoms. The van der Waals surface area contributed by atoms with Crippen LogP contribution in [0.4, 0.5) is 16.4 Å². The van der Waals surface area contributed by atoms with Crippen molar-refractivity contribution >= 4 is 23.6 Å². The number of hydrogen-bond acceptors (Lipinski definition) is 7. The summed E-state index contributed by atoms with van der Waals surface area (Å²) in [7, 11) is 3.41. The van der Waals surface area contributed by atoms with E-state index in [-0.39, 0.29) is 25.0 Å². The number of carbonyl (C=O) groups is 2. The number of carbonyl (C=O) groups excluding carboxylic acids is 1. The van der Waals surface area contributed by atoms with Crippen molar-refractivity contribution in [2.45, 2.75) is 64.2 Å². The summed E-state index contributed by atoms with van der Waals surface area (Å²) in [6, 6.07) is 7.99. The minimum atomic E-state index is -1.05. The van der Waals surface area contributed by atoms with E-state index in [1.54, 1.807) is 11.0 Å². The number of anilines is 2. The van der Waals surface area contributed by atoms with Gasteiger partial charge in [0, 0.05) is 37.7 Å². The van der Waals surface area contributed by atoms with Gasteiger partial charge in [0.1, 0.15) is 23.2 Å². The predicted molar refractivity (Wildman–Crippen MR) is 137 cm³/mol. The van der Waals surface area contributed by atoms with Gasteiger partial charge in [0.05, 0.1) is 24.3 Å². The number of carboxylic acid groups (broad SMARTS) is 1. The average molecular weight is 503 g/mol. The zero-order valence-corrected chi connectivity index (χ0v) is 21.4. The van der Waals surface area contributed by atoms with Crippen LogP contribution < -0.4 is 9.80 Å². The Morgan fingerprint density at radius 1 is 1.19 bits per heavy atom. The third-order valence-electron chi connectivity index (χ3n) is 7.94. The molecule has 6 rings (SSSR count). The van der Waals surface area contributed by atoms with Gasteiger partial charge in [-0.25, -0.2) is 14.8 Å². The van der Waals surface area contributed by atoms with E-state index in [4.69, 9.17) is 9.97 Å². The molecule has 0 radical (unpaired) electrons. The van der Waals surface area contributed by atoms with Gasteiger partial charge < -0.3 is 19.5 Å². The predicted octanol–water partition coefficient (Wildman–Crippen LogP) is 3.67. The smallest absolute Gasteiger partial charge is 0.407 e. The summed E-state index contributed by atoms with van der Waals surface area (Å²) in [6.45, 7) is 4.43. The fourth-order valence-electron chi connectivity index (χ4n) is 5.65. The second kappa shape index (κ2) is 8.53. The van der Waals surface area contributed by atoms with Gasteiger partial charge in [-0.05, 0) is 51.3 Å². The van der Waals surface area contributed by atoms with E-state index >= 15 is 0 Å². The number of aromatic nitrogens is 5. The Labute approximate surface area is 214 Å². The van der Waals surface area contributed by atoms with E-state index in [0.717, 1.165) is 36.5 Å². The first-order chi connectivity index (χ1) is 17.7. The molecule has 1 aliphatic carbocycles. The Hall–Kier alpha value is -4.02. The van der Waals surface area contributed by atoms with Crippen LogP contribution in [-0.4, -0.2) is 66.9 Å². The maximum absolute atomic E-state index is 13.7. The van der Waals surface area contributed by atoms with Crippen LogP contribution in [0.2, 0.25) is 0 Å². The molecular weight excluding hydrogens is 472 g/mol. The molecule has 2 aliphatic heterocycles. The first-order valence-corrected chi connectivity index (χ1v) is 12.7. The molecule has 1 fully saturated rings. The molecule has 1 saturated carbocycles. The molecular formula is C26H30N8O3. The molecule has 0 spiro atoms. The molecule has 3 aromatic rings. The normalized spacial score (nSPS) is 19.5. The van der Waals surface area contributed by atoms with Crippen LogP contribution in [0.5, 0.6) is 0 Å². The maximum Gasteiger partial charge on any atom is 0.407 e. The number of amides is 2. The molecule has 1 N–H and O–H groups in total. The second-order valence-corrected chi connectivity index (χ2v) is 10.5. The van der Waals surface area contributed by atoms with E-state index in [9.17, 15) is 14.7 Å². The number of rotatable bonds is 6. The maximum atomic E-state index is 13.7. The summed E-state index contributed by atoms with van der Waals surface area (Å²) < 4.78 is 2.22. The quantitative estimate of drug-likeness (QED) is 0.542. The minimum Gasteiger partial charge on any atom is -0.465 e. The molecule has 192 valence electrons. The van der Waals surface area contributed by atoms with Gasteiger partial charge in [-0.15, -0.1) is 10.2 Å². The number of nitrogens with zero attached hydrogens (tertiary/aromatic N) is 8. The molecule has 0 saturated heterocycles. The van der Waals surface area contributed by atoms with Gasteiger partial charge in [-0.2, -0.15) is 0 Å². The van der Waals surface area contributed by atoms with Gasteiger partial charge in [0.25, 0.3) is 5.91 Å². The summed E-state index contributed by atoms with van der Waals surface area (Å²) in [5, 5.41) is 18.4. The third-order valence-corrected chi connectivity index (χ3v) is 7.94. The highest BCUT2D eigenvalue weighted by Crippen LogP contribution is 2.49. The highest BCUT2D eigenvalue weighted by atomic mass is 16.4. The van der Waals surface area contributed by atoms with Crippen molar-refractivity contribution in [3.8, 4) is 11.5 Å². The molecule has 2 amide bonds. The lowest BCUT2D eigenvalue weighted by molar-refractivity contribution is 0.0996. The van der Waals surface area contributed by atoms with E-state index in [1.165, 1.54) is 11.9 Å². The first kappa shape index (κ1) is 23.4. The largest absolute Gasteiger partial charge is 0.465 e. The lowest BCUT2D eigenvalue weighted by Crippen LogP contribution is -2.29. The Bertz CT molecular complexity index is 1420. The molecule has 2 unspecified atom stereocenters. The van der Waals surface area contributed by atoms with Gasteiger partial charge in [-0.3, -0.25) is 9.69 Å². The Morgan fingerprint density at radius 2 is 2.00 bits per heavy atom. The molecule has 2 atom stereocenters. The van der Waals surface area contributed by atoms with Crippen LogP contribution in [0.25, 0.3) is 11.5 Å². The summed E-state index contributed by atoms with van der Waals surface area (Å²) >= 11 is 0. The van der Waals surface area contributed by atoms with E-state index < -0.39 is 6.09 Å². The van der Waals surface area contributed by atoms with Crippen molar-refractivity contribution in [2.75, 3.05) is 23.9 Å². The van der Waals surface area contributed by atoms with Gasteiger partial charge in [0.2, 0.25) is 0 Å². The van der Waals surface area contributed by atoms with Crippen molar-refractivity contribution in [1.29, 1.82) is 0 Å². The highest BCUT2D eigenvalue weighted by molar-refractivity contribution is 6.10. The van der Waals surface area contributed by atoms with Crippen molar-refractivity contribution < 1.29 is 14.7 Å². The van der Waals surface area contributed by atoms with E-state index in [2.05, 4.69) is 14.8 Å². The fraction of sp³-hybridized carbons (Fsp3) is 0.462. The Morgan fingerprint density at radius 3 is 2.76 bits per heavy atom. The van der Waals surface area contributed by atoms with Crippen molar-refractivity contribution in [2.24, 2.45) is 0 Å². The second-order valence-electron chi connectivity index (χ2n) is 10.5. The van der Waals surface area contributed by atoms with Crippen LogP contribution >= 0.6 is 0 Å². The molecule has 5 heterocycles. The van der Waals surface area contributed by atoms with E-state index in [1.807, 2.05) is 44.0 Å². The van der Waals surface area contributed by atoms with Crippen LogP contribution in [-0.2, 0) is 13.1 Å². The van der Waals surface area contributed by atoms with Crippen molar-refractivity contribution in [3.63, 3.8) is 0 Å². The summed E-state index contributed by atoms with van der Waals surface area (Å²) in [4.78, 5) is 39.6. The zero-order chi connectivity index (χ0) is 26.0. The van der Waals surface area contributed by atoms with Crippen molar-refractivity contribution in [3.05, 3.63) is 46.9 Å². The van der Waals surface area contributed by atoms with Crippen LogP contribution in [0, 0.1) is 0 Å². The van der Waals surface area contributed by atoms with Crippen LogP contribution in [0.1, 0.15) is 72.5 Å². The monoisotopic (exact) mass is 502 g/mol. The number of pyridine rings is 2. The Kier molecular flexibility index (Phi) is 5.39. The molecule has 3 aliphatic rings. The van der Waals surface area contributed by atoms with Crippen molar-refractivity contribution in [1.82, 2.24) is 29.6 Å². The standard InChI is InChI=1S/C26H30N8O3/c1-14(2)32(4)22-11-17-18(20(28-22)13-31(3)26(36)37)12-33(25(17)35)21-7-5-6-19(27-21)24-30-29-23-15-8-9-16(10-15)34(23)24/h5-7,11,14-16H,8-10,12-13H2,1-4H3,(H,36,37). The SMILES string of the molecule is CC(C)N(C)c1cc2c(c(CN(C)C(=O)O)n1)CN(c1cccc(-c3nnc4n3C3CCC4C3)n1)C2=O. The lowest BCUT2D eigenvalue weighted by atomic mass is 10.1. The van der Waals surface area contributed by atoms with Gasteiger partial charge >= 0.3 is 6.09 Å². The molecule has 0 aromatic carbocycles. The van der Waals surface area contributed by atoms with Crippen LogP contribution in [0.15, 0.2) is 24.3 Å². The topological polar surface area (TPSA) is 121 Å². The first-order valence-electron chi connectivity index (χ1n) is 12.7. The highest BCUT2D eigenvalue weighted by Gasteiger charge is 2.41. The third kappa shape index (κ3) is 3.71. The summed E-state index contributed by atoms with van der Waals surface area (Å²) in [6.07, 6.45) is 2.36. The zero-order valence-electron chi connectivity index (χ0n) is 21.4. The fourth-order valence-corrected chi connectivity index (χ4v) is 5.65.